The molecule has 0 aliphatic rings. The maximum absolute atomic E-state index is 11.5. The maximum atomic E-state index is 11.5. The van der Waals surface area contributed by atoms with Gasteiger partial charge in [-0.1, -0.05) is 18.2 Å². The fourth-order valence-electron chi connectivity index (χ4n) is 1.96. The molecule has 5 nitrogen and oxygen atoms in total. The number of carboxylic acids is 1. The van der Waals surface area contributed by atoms with Crippen LogP contribution in [0.3, 0.4) is 0 Å². The number of para-hydroxylation sites is 1. The molecular formula is C16H19NO4. The summed E-state index contributed by atoms with van der Waals surface area (Å²) in [5.74, 6) is -0.734. The van der Waals surface area contributed by atoms with Crippen LogP contribution in [0.25, 0.3) is 10.9 Å². The van der Waals surface area contributed by atoms with Crippen molar-refractivity contribution in [2.45, 2.75) is 25.9 Å². The summed E-state index contributed by atoms with van der Waals surface area (Å²) < 4.78 is 10.9. The molecule has 2 aromatic rings. The quantitative estimate of drug-likeness (QED) is 0.884. The van der Waals surface area contributed by atoms with Crippen LogP contribution < -0.4 is 4.74 Å². The molecule has 0 amide bonds. The number of carboxylic acid groups (broad SMARTS) is 1. The zero-order valence-electron chi connectivity index (χ0n) is 12.4. The Labute approximate surface area is 123 Å². The average Bonchev–Trinajstić information content (AvgIpc) is 2.46. The van der Waals surface area contributed by atoms with Crippen LogP contribution in [0.1, 0.15) is 30.6 Å². The van der Waals surface area contributed by atoms with Crippen LogP contribution in [0.2, 0.25) is 0 Å². The second-order valence-electron chi connectivity index (χ2n) is 5.38. The van der Waals surface area contributed by atoms with Crippen LogP contribution in [0.5, 0.6) is 5.75 Å². The van der Waals surface area contributed by atoms with E-state index in [4.69, 9.17) is 9.47 Å². The minimum Gasteiger partial charge on any atom is -0.491 e. The Hall–Kier alpha value is -2.14. The van der Waals surface area contributed by atoms with Crippen molar-refractivity contribution >= 4 is 16.9 Å². The van der Waals surface area contributed by atoms with Crippen LogP contribution in [-0.2, 0) is 4.74 Å². The summed E-state index contributed by atoms with van der Waals surface area (Å²) in [4.78, 5) is 15.8. The number of carbonyl (C=O) groups is 1. The molecule has 21 heavy (non-hydrogen) atoms. The van der Waals surface area contributed by atoms with Gasteiger partial charge in [0.05, 0.1) is 23.9 Å². The van der Waals surface area contributed by atoms with Crippen LogP contribution >= 0.6 is 0 Å². The Balaban J connectivity index is 2.27. The molecule has 0 radical (unpaired) electrons. The number of hydrogen-bond acceptors (Lipinski definition) is 4. The summed E-state index contributed by atoms with van der Waals surface area (Å²) >= 11 is 0. The number of aromatic nitrogens is 1. The lowest BCUT2D eigenvalue weighted by molar-refractivity contribution is 0.00536. The highest BCUT2D eigenvalue weighted by Crippen LogP contribution is 2.26. The van der Waals surface area contributed by atoms with Crippen LogP contribution in [0, 0.1) is 0 Å². The minimum absolute atomic E-state index is 0.149. The molecule has 0 atom stereocenters. The van der Waals surface area contributed by atoms with Crippen molar-refractivity contribution in [2.24, 2.45) is 0 Å². The standard InChI is InChI=1S/C16H19NO4/c1-16(2,20-3)8-9-21-13-10-17-12-7-5-4-6-11(12)14(13)15(18)19/h4-7,10H,8-9H2,1-3H3,(H,18,19). The van der Waals surface area contributed by atoms with E-state index in [1.54, 1.807) is 25.3 Å². The molecule has 0 spiro atoms. The first kappa shape index (κ1) is 15.3. The zero-order valence-corrected chi connectivity index (χ0v) is 12.4. The van der Waals surface area contributed by atoms with Crippen molar-refractivity contribution in [1.29, 1.82) is 0 Å². The Morgan fingerprint density at radius 3 is 2.71 bits per heavy atom. The number of benzene rings is 1. The average molecular weight is 289 g/mol. The number of fused-ring (bicyclic) bond motifs is 1. The highest BCUT2D eigenvalue weighted by molar-refractivity contribution is 6.04. The number of hydrogen-bond donors (Lipinski definition) is 1. The molecule has 2 rings (SSSR count). The first-order valence-corrected chi connectivity index (χ1v) is 6.73. The predicted octanol–water partition coefficient (Wildman–Crippen LogP) is 3.13. The van der Waals surface area contributed by atoms with Gasteiger partial charge in [-0.3, -0.25) is 4.98 Å². The molecule has 1 N–H and O–H groups in total. The van der Waals surface area contributed by atoms with Gasteiger partial charge >= 0.3 is 5.97 Å². The van der Waals surface area contributed by atoms with Gasteiger partial charge in [0, 0.05) is 18.9 Å². The number of pyridine rings is 1. The molecular weight excluding hydrogens is 270 g/mol. The molecule has 0 unspecified atom stereocenters. The topological polar surface area (TPSA) is 68.7 Å². The molecule has 1 aromatic carbocycles. The molecule has 0 fully saturated rings. The summed E-state index contributed by atoms with van der Waals surface area (Å²) in [6.45, 7) is 4.27. The fourth-order valence-corrected chi connectivity index (χ4v) is 1.96. The number of nitrogens with zero attached hydrogens (tertiary/aromatic N) is 1. The van der Waals surface area contributed by atoms with E-state index in [1.807, 2.05) is 19.9 Å². The Morgan fingerprint density at radius 2 is 2.05 bits per heavy atom. The van der Waals surface area contributed by atoms with Gasteiger partial charge in [-0.05, 0) is 19.9 Å². The third-order valence-electron chi connectivity index (χ3n) is 3.47. The largest absolute Gasteiger partial charge is 0.491 e. The molecule has 1 heterocycles. The van der Waals surface area contributed by atoms with E-state index >= 15 is 0 Å². The molecule has 1 aromatic heterocycles. The van der Waals surface area contributed by atoms with Crippen molar-refractivity contribution in [3.63, 3.8) is 0 Å². The normalized spacial score (nSPS) is 11.6. The van der Waals surface area contributed by atoms with Gasteiger partial charge < -0.3 is 14.6 Å². The molecule has 0 saturated heterocycles. The van der Waals surface area contributed by atoms with E-state index in [1.165, 1.54) is 6.20 Å². The first-order valence-electron chi connectivity index (χ1n) is 6.73. The van der Waals surface area contributed by atoms with Crippen molar-refractivity contribution < 1.29 is 19.4 Å². The lowest BCUT2D eigenvalue weighted by Crippen LogP contribution is -2.25. The van der Waals surface area contributed by atoms with Crippen LogP contribution in [0.4, 0.5) is 0 Å². The number of ether oxygens (including phenoxy) is 2. The highest BCUT2D eigenvalue weighted by atomic mass is 16.5. The van der Waals surface area contributed by atoms with E-state index in [2.05, 4.69) is 4.98 Å². The van der Waals surface area contributed by atoms with Crippen molar-refractivity contribution in [1.82, 2.24) is 4.98 Å². The third-order valence-corrected chi connectivity index (χ3v) is 3.47. The van der Waals surface area contributed by atoms with Crippen molar-refractivity contribution in [3.05, 3.63) is 36.0 Å². The second-order valence-corrected chi connectivity index (χ2v) is 5.38. The summed E-state index contributed by atoms with van der Waals surface area (Å²) in [5.41, 5.74) is 0.475. The van der Waals surface area contributed by atoms with E-state index in [9.17, 15) is 9.90 Å². The minimum atomic E-state index is -1.02. The molecule has 0 bridgehead atoms. The van der Waals surface area contributed by atoms with E-state index < -0.39 is 5.97 Å². The predicted molar refractivity (Wildman–Crippen MR) is 79.9 cm³/mol. The van der Waals surface area contributed by atoms with Gasteiger partial charge in [0.15, 0.2) is 5.75 Å². The SMILES string of the molecule is COC(C)(C)CCOc1cnc2ccccc2c1C(=O)O. The molecule has 112 valence electrons. The van der Waals surface area contributed by atoms with Gasteiger partial charge in [-0.15, -0.1) is 0 Å². The van der Waals surface area contributed by atoms with E-state index in [-0.39, 0.29) is 16.9 Å². The van der Waals surface area contributed by atoms with Crippen molar-refractivity contribution in [3.8, 4) is 5.75 Å². The molecule has 0 aliphatic carbocycles. The van der Waals surface area contributed by atoms with Crippen LogP contribution in [0.15, 0.2) is 30.5 Å². The lowest BCUT2D eigenvalue weighted by Gasteiger charge is -2.22. The van der Waals surface area contributed by atoms with E-state index in [0.717, 1.165) is 0 Å². The van der Waals surface area contributed by atoms with Gasteiger partial charge in [0.1, 0.15) is 5.56 Å². The zero-order chi connectivity index (χ0) is 15.5. The number of aromatic carboxylic acids is 1. The first-order chi connectivity index (χ1) is 9.94. The van der Waals surface area contributed by atoms with Gasteiger partial charge in [-0.25, -0.2) is 4.79 Å². The van der Waals surface area contributed by atoms with E-state index in [0.29, 0.717) is 23.9 Å². The highest BCUT2D eigenvalue weighted by Gasteiger charge is 2.19. The molecule has 5 heteroatoms. The molecule has 0 saturated carbocycles. The third kappa shape index (κ3) is 3.49. The summed E-state index contributed by atoms with van der Waals surface area (Å²) in [5, 5.41) is 10.0. The number of methoxy groups -OCH3 is 1. The van der Waals surface area contributed by atoms with Gasteiger partial charge in [0.25, 0.3) is 0 Å². The number of rotatable bonds is 6. The summed E-state index contributed by atoms with van der Waals surface area (Å²) in [6, 6.07) is 7.12. The smallest absolute Gasteiger partial charge is 0.340 e. The monoisotopic (exact) mass is 289 g/mol. The lowest BCUT2D eigenvalue weighted by atomic mass is 10.1. The Morgan fingerprint density at radius 1 is 1.33 bits per heavy atom. The second kappa shape index (κ2) is 6.10. The maximum Gasteiger partial charge on any atom is 0.340 e. The van der Waals surface area contributed by atoms with Crippen LogP contribution in [-0.4, -0.2) is 35.4 Å². The summed E-state index contributed by atoms with van der Waals surface area (Å²) in [6.07, 6.45) is 2.11. The van der Waals surface area contributed by atoms with Gasteiger partial charge in [0.2, 0.25) is 0 Å². The Kier molecular flexibility index (Phi) is 4.43. The van der Waals surface area contributed by atoms with Gasteiger partial charge in [-0.2, -0.15) is 0 Å². The summed E-state index contributed by atoms with van der Waals surface area (Å²) in [7, 11) is 1.64. The fraction of sp³-hybridized carbons (Fsp3) is 0.375. The Bertz CT molecular complexity index is 652. The molecule has 0 aliphatic heterocycles. The van der Waals surface area contributed by atoms with Crippen molar-refractivity contribution in [2.75, 3.05) is 13.7 Å².